The number of benzene rings is 2. The van der Waals surface area contributed by atoms with E-state index in [9.17, 15) is 0 Å². The fourth-order valence-electron chi connectivity index (χ4n) is 2.44. The van der Waals surface area contributed by atoms with Crippen molar-refractivity contribution in [3.8, 4) is 5.75 Å². The quantitative estimate of drug-likeness (QED) is 0.635. The van der Waals surface area contributed by atoms with E-state index in [1.165, 1.54) is 11.1 Å². The van der Waals surface area contributed by atoms with E-state index in [0.717, 1.165) is 17.3 Å². The maximum Gasteiger partial charge on any atom is 0.119 e. The Labute approximate surface area is 131 Å². The molecule has 0 saturated carbocycles. The lowest BCUT2D eigenvalue weighted by atomic mass is 9.99. The topological polar surface area (TPSA) is 22.4 Å². The Morgan fingerprint density at radius 1 is 0.909 bits per heavy atom. The molecule has 0 amide bonds. The van der Waals surface area contributed by atoms with E-state index in [0.29, 0.717) is 6.61 Å². The molecule has 0 aliphatic heterocycles. The highest BCUT2D eigenvalue weighted by atomic mass is 16.5. The van der Waals surface area contributed by atoms with Gasteiger partial charge in [0, 0.05) is 5.92 Å². The molecule has 1 heterocycles. The average Bonchev–Trinajstić information content (AvgIpc) is 3.00. The molecule has 0 spiro atoms. The van der Waals surface area contributed by atoms with Gasteiger partial charge in [0.2, 0.25) is 0 Å². The highest BCUT2D eigenvalue weighted by Crippen LogP contribution is 2.27. The van der Waals surface area contributed by atoms with Crippen LogP contribution in [0, 0.1) is 6.92 Å². The van der Waals surface area contributed by atoms with Crippen molar-refractivity contribution in [1.29, 1.82) is 0 Å². The molecule has 0 N–H and O–H groups in total. The van der Waals surface area contributed by atoms with Crippen LogP contribution in [-0.4, -0.2) is 0 Å². The fraction of sp³-hybridized carbons (Fsp3) is 0.200. The van der Waals surface area contributed by atoms with Crippen LogP contribution in [0.25, 0.3) is 0 Å². The Morgan fingerprint density at radius 3 is 2.27 bits per heavy atom. The maximum atomic E-state index is 5.81. The molecule has 1 unspecified atom stereocenters. The van der Waals surface area contributed by atoms with Gasteiger partial charge in [-0.1, -0.05) is 49.4 Å². The largest absolute Gasteiger partial charge is 0.489 e. The van der Waals surface area contributed by atoms with Crippen LogP contribution in [0.3, 0.4) is 0 Å². The zero-order valence-corrected chi connectivity index (χ0v) is 13.0. The van der Waals surface area contributed by atoms with E-state index in [1.54, 1.807) is 0 Å². The first-order valence-corrected chi connectivity index (χ1v) is 7.55. The fourth-order valence-corrected chi connectivity index (χ4v) is 2.44. The predicted octanol–water partition coefficient (Wildman–Crippen LogP) is 5.32. The van der Waals surface area contributed by atoms with Gasteiger partial charge in [-0.2, -0.15) is 0 Å². The van der Waals surface area contributed by atoms with Crippen LogP contribution >= 0.6 is 0 Å². The molecule has 112 valence electrons. The van der Waals surface area contributed by atoms with Crippen molar-refractivity contribution in [2.24, 2.45) is 0 Å². The molecular weight excluding hydrogens is 272 g/mol. The van der Waals surface area contributed by atoms with Crippen molar-refractivity contribution in [3.63, 3.8) is 0 Å². The first-order chi connectivity index (χ1) is 10.7. The third-order valence-corrected chi connectivity index (χ3v) is 3.82. The third kappa shape index (κ3) is 3.40. The van der Waals surface area contributed by atoms with Gasteiger partial charge in [0.25, 0.3) is 0 Å². The third-order valence-electron chi connectivity index (χ3n) is 3.82. The number of hydrogen-bond acceptors (Lipinski definition) is 2. The van der Waals surface area contributed by atoms with Gasteiger partial charge in [-0.15, -0.1) is 0 Å². The number of furan rings is 1. The van der Waals surface area contributed by atoms with Crippen LogP contribution < -0.4 is 4.74 Å². The summed E-state index contributed by atoms with van der Waals surface area (Å²) in [6.07, 6.45) is 0. The first kappa shape index (κ1) is 14.5. The molecule has 0 saturated heterocycles. The molecule has 3 rings (SSSR count). The normalized spacial score (nSPS) is 12.1. The number of aryl methyl sites for hydroxylation is 1. The van der Waals surface area contributed by atoms with E-state index >= 15 is 0 Å². The second-order valence-electron chi connectivity index (χ2n) is 5.51. The zero-order valence-electron chi connectivity index (χ0n) is 13.0. The van der Waals surface area contributed by atoms with Crippen molar-refractivity contribution < 1.29 is 9.15 Å². The van der Waals surface area contributed by atoms with Gasteiger partial charge in [-0.3, -0.25) is 0 Å². The first-order valence-electron chi connectivity index (χ1n) is 7.55. The summed E-state index contributed by atoms with van der Waals surface area (Å²) < 4.78 is 11.5. The summed E-state index contributed by atoms with van der Waals surface area (Å²) in [5.41, 5.74) is 2.40. The maximum absolute atomic E-state index is 5.81. The van der Waals surface area contributed by atoms with Crippen LogP contribution in [0.2, 0.25) is 0 Å². The average molecular weight is 292 g/mol. The summed E-state index contributed by atoms with van der Waals surface area (Å²) >= 11 is 0. The Kier molecular flexibility index (Phi) is 4.29. The second-order valence-corrected chi connectivity index (χ2v) is 5.51. The van der Waals surface area contributed by atoms with Crippen LogP contribution in [0.5, 0.6) is 5.75 Å². The van der Waals surface area contributed by atoms with E-state index in [-0.39, 0.29) is 5.92 Å². The summed E-state index contributed by atoms with van der Waals surface area (Å²) in [6, 6.07) is 22.5. The highest BCUT2D eigenvalue weighted by molar-refractivity contribution is 5.33. The molecule has 2 heteroatoms. The summed E-state index contributed by atoms with van der Waals surface area (Å²) in [6.45, 7) is 4.71. The number of hydrogen-bond donors (Lipinski definition) is 0. The van der Waals surface area contributed by atoms with Crippen LogP contribution in [-0.2, 0) is 6.61 Å². The molecule has 1 aromatic heterocycles. The Balaban J connectivity index is 1.65. The van der Waals surface area contributed by atoms with Crippen molar-refractivity contribution in [1.82, 2.24) is 0 Å². The molecule has 0 aliphatic rings. The van der Waals surface area contributed by atoms with E-state index in [4.69, 9.17) is 9.15 Å². The lowest BCUT2D eigenvalue weighted by molar-refractivity contribution is 0.306. The molecule has 0 aliphatic carbocycles. The molecule has 2 nitrogen and oxygen atoms in total. The highest BCUT2D eigenvalue weighted by Gasteiger charge is 2.12. The lowest BCUT2D eigenvalue weighted by Crippen LogP contribution is -1.97. The predicted molar refractivity (Wildman–Crippen MR) is 88.2 cm³/mol. The molecule has 22 heavy (non-hydrogen) atoms. The van der Waals surface area contributed by atoms with Gasteiger partial charge in [0.1, 0.15) is 23.9 Å². The smallest absolute Gasteiger partial charge is 0.119 e. The van der Waals surface area contributed by atoms with Crippen LogP contribution in [0.4, 0.5) is 0 Å². The van der Waals surface area contributed by atoms with Gasteiger partial charge in [-0.25, -0.2) is 0 Å². The van der Waals surface area contributed by atoms with Crippen LogP contribution in [0.1, 0.15) is 35.5 Å². The monoisotopic (exact) mass is 292 g/mol. The molecule has 0 fully saturated rings. The minimum Gasteiger partial charge on any atom is -0.489 e. The SMILES string of the molecule is Cc1ccc(C(C)c2ccc(OCc3ccccc3)cc2)o1. The van der Waals surface area contributed by atoms with Crippen molar-refractivity contribution >= 4 is 0 Å². The molecule has 0 radical (unpaired) electrons. The van der Waals surface area contributed by atoms with Gasteiger partial charge < -0.3 is 9.15 Å². The molecule has 0 bridgehead atoms. The number of ether oxygens (including phenoxy) is 1. The Hall–Kier alpha value is -2.48. The van der Waals surface area contributed by atoms with Gasteiger partial charge >= 0.3 is 0 Å². The molecule has 3 aromatic rings. The second kappa shape index (κ2) is 6.52. The zero-order chi connectivity index (χ0) is 15.4. The van der Waals surface area contributed by atoms with Crippen molar-refractivity contribution in [2.45, 2.75) is 26.4 Å². The Morgan fingerprint density at radius 2 is 1.64 bits per heavy atom. The molecular formula is C20H20O2. The standard InChI is InChI=1S/C20H20O2/c1-15-8-13-20(22-15)16(2)18-9-11-19(12-10-18)21-14-17-6-4-3-5-7-17/h3-13,16H,14H2,1-2H3. The Bertz CT molecular complexity index is 711. The van der Waals surface area contributed by atoms with Crippen molar-refractivity contribution in [2.75, 3.05) is 0 Å². The van der Waals surface area contributed by atoms with Gasteiger partial charge in [-0.05, 0) is 42.3 Å². The molecule has 1 atom stereocenters. The van der Waals surface area contributed by atoms with Crippen molar-refractivity contribution in [3.05, 3.63) is 89.4 Å². The van der Waals surface area contributed by atoms with E-state index in [2.05, 4.69) is 31.2 Å². The summed E-state index contributed by atoms with van der Waals surface area (Å²) in [5.74, 6) is 3.08. The van der Waals surface area contributed by atoms with Crippen LogP contribution in [0.15, 0.2) is 71.1 Å². The van der Waals surface area contributed by atoms with E-state index < -0.39 is 0 Å². The number of rotatable bonds is 5. The summed E-state index contributed by atoms with van der Waals surface area (Å²) in [4.78, 5) is 0. The van der Waals surface area contributed by atoms with E-state index in [1.807, 2.05) is 49.4 Å². The van der Waals surface area contributed by atoms with Gasteiger partial charge in [0.15, 0.2) is 0 Å². The molecule has 2 aromatic carbocycles. The summed E-state index contributed by atoms with van der Waals surface area (Å²) in [7, 11) is 0. The lowest BCUT2D eigenvalue weighted by Gasteiger charge is -2.11. The minimum atomic E-state index is 0.247. The van der Waals surface area contributed by atoms with Gasteiger partial charge in [0.05, 0.1) is 0 Å². The summed E-state index contributed by atoms with van der Waals surface area (Å²) in [5, 5.41) is 0. The minimum absolute atomic E-state index is 0.247.